The van der Waals surface area contributed by atoms with Gasteiger partial charge in [-0.05, 0) is 90.9 Å². The predicted octanol–water partition coefficient (Wildman–Crippen LogP) is 4.71. The number of ether oxygens (including phenoxy) is 1. The fourth-order valence-electron chi connectivity index (χ4n) is 8.31. The Bertz CT molecular complexity index is 693. The van der Waals surface area contributed by atoms with Gasteiger partial charge < -0.3 is 9.84 Å². The smallest absolute Gasteiger partial charge is 0.311 e. The molecule has 4 aliphatic rings. The molecule has 6 nitrogen and oxygen atoms in total. The highest BCUT2D eigenvalue weighted by atomic mass is 16.5. The highest BCUT2D eigenvalue weighted by Crippen LogP contribution is 2.68. The maximum absolute atomic E-state index is 12.6. The van der Waals surface area contributed by atoms with Crippen LogP contribution in [0.4, 0.5) is 0 Å². The van der Waals surface area contributed by atoms with Gasteiger partial charge in [-0.25, -0.2) is 0 Å². The van der Waals surface area contributed by atoms with Gasteiger partial charge in [0.05, 0.1) is 19.1 Å². The third kappa shape index (κ3) is 2.64. The molecule has 0 saturated heterocycles. The largest absolute Gasteiger partial charge is 0.469 e. The van der Waals surface area contributed by atoms with Crippen LogP contribution < -0.4 is 0 Å². The number of carbonyl (C=O) groups excluding carboxylic acids is 1. The zero-order valence-electron chi connectivity index (χ0n) is 17.7. The number of methoxy groups -OCH3 is 1. The van der Waals surface area contributed by atoms with Gasteiger partial charge in [-0.3, -0.25) is 4.79 Å². The highest BCUT2D eigenvalue weighted by Gasteiger charge is 2.64. The minimum Gasteiger partial charge on any atom is -0.469 e. The van der Waals surface area contributed by atoms with Gasteiger partial charge in [-0.2, -0.15) is 0 Å². The summed E-state index contributed by atoms with van der Waals surface area (Å²) in [5.74, 6) is 1.44. The second kappa shape index (κ2) is 6.91. The van der Waals surface area contributed by atoms with Crippen LogP contribution in [0.15, 0.2) is 5.11 Å². The van der Waals surface area contributed by atoms with E-state index >= 15 is 0 Å². The van der Waals surface area contributed by atoms with Crippen molar-refractivity contribution in [3.05, 3.63) is 10.4 Å². The van der Waals surface area contributed by atoms with Crippen molar-refractivity contribution in [2.45, 2.75) is 77.9 Å². The van der Waals surface area contributed by atoms with E-state index in [0.29, 0.717) is 29.6 Å². The molecule has 6 heteroatoms. The number of aliphatic hydroxyl groups is 1. The number of fused-ring (bicyclic) bond motifs is 5. The average molecular weight is 390 g/mol. The Labute approximate surface area is 168 Å². The van der Waals surface area contributed by atoms with Gasteiger partial charge in [0.15, 0.2) is 0 Å². The molecule has 0 heterocycles. The number of esters is 1. The molecule has 4 aliphatic carbocycles. The van der Waals surface area contributed by atoms with Gasteiger partial charge in [0, 0.05) is 11.0 Å². The molecular weight excluding hydrogens is 354 g/mol. The van der Waals surface area contributed by atoms with Crippen LogP contribution in [0.2, 0.25) is 0 Å². The van der Waals surface area contributed by atoms with E-state index in [9.17, 15) is 15.4 Å². The van der Waals surface area contributed by atoms with Crippen molar-refractivity contribution in [1.82, 2.24) is 0 Å². The fourth-order valence-corrected chi connectivity index (χ4v) is 8.31. The second-order valence-corrected chi connectivity index (χ2v) is 10.6. The predicted molar refractivity (Wildman–Crippen MR) is 106 cm³/mol. The number of rotatable bonds is 2. The number of nitrogens with zero attached hydrogens (tertiary/aromatic N) is 3. The van der Waals surface area contributed by atoms with Crippen LogP contribution in [-0.4, -0.2) is 30.3 Å². The molecule has 4 saturated carbocycles. The van der Waals surface area contributed by atoms with Gasteiger partial charge in [0.25, 0.3) is 0 Å². The average Bonchev–Trinajstić information content (AvgIpc) is 2.97. The van der Waals surface area contributed by atoms with Crippen LogP contribution in [0, 0.1) is 46.3 Å². The first kappa shape index (κ1) is 20.0. The molecule has 4 rings (SSSR count). The Morgan fingerprint density at radius 2 is 1.82 bits per heavy atom. The molecule has 0 aromatic carbocycles. The van der Waals surface area contributed by atoms with Crippen LogP contribution in [-0.2, 0) is 9.53 Å². The van der Waals surface area contributed by atoms with Gasteiger partial charge in [-0.1, -0.05) is 25.9 Å². The lowest BCUT2D eigenvalue weighted by Gasteiger charge is -2.63. The molecular formula is C22H35N3O3. The molecule has 1 N–H and O–H groups in total. The van der Waals surface area contributed by atoms with Crippen molar-refractivity contribution >= 4 is 5.97 Å². The quantitative estimate of drug-likeness (QED) is 0.320. The third-order valence-electron chi connectivity index (χ3n) is 9.90. The van der Waals surface area contributed by atoms with Crippen LogP contribution in [0.1, 0.15) is 65.7 Å². The molecule has 0 radical (unpaired) electrons. The zero-order chi connectivity index (χ0) is 20.3. The van der Waals surface area contributed by atoms with Crippen molar-refractivity contribution in [3.8, 4) is 0 Å². The van der Waals surface area contributed by atoms with E-state index < -0.39 is 12.0 Å². The number of carbonyl (C=O) groups is 1. The third-order valence-corrected chi connectivity index (χ3v) is 9.90. The lowest BCUT2D eigenvalue weighted by molar-refractivity contribution is -0.182. The first-order chi connectivity index (χ1) is 13.3. The maximum Gasteiger partial charge on any atom is 0.311 e. The molecule has 0 bridgehead atoms. The number of aliphatic hydroxyl groups excluding tert-OH is 1. The lowest BCUT2D eigenvalue weighted by Crippen LogP contribution is -2.62. The normalized spacial score (nSPS) is 52.6. The Kier molecular flexibility index (Phi) is 4.95. The standard InChI is InChI=1S/C22H35N3O3/c1-12-5-6-14-13-11-16(24-25-23)19-18(20(27)28-4)17(26)8-10-22(19,3)15(13)7-9-21(12,14)2/h12-19,26H,5-11H2,1-4H3/t12-,13-,14-,15-,16?,17-,18?,19?,21+,22+/m0/s1. The molecule has 28 heavy (non-hydrogen) atoms. The molecule has 0 aliphatic heterocycles. The summed E-state index contributed by atoms with van der Waals surface area (Å²) in [4.78, 5) is 15.8. The summed E-state index contributed by atoms with van der Waals surface area (Å²) < 4.78 is 5.08. The summed E-state index contributed by atoms with van der Waals surface area (Å²) in [5, 5.41) is 14.9. The van der Waals surface area contributed by atoms with Crippen molar-refractivity contribution < 1.29 is 14.6 Å². The molecule has 156 valence electrons. The van der Waals surface area contributed by atoms with E-state index in [1.165, 1.54) is 32.8 Å². The van der Waals surface area contributed by atoms with E-state index in [-0.39, 0.29) is 23.3 Å². The van der Waals surface area contributed by atoms with Gasteiger partial charge in [-0.15, -0.1) is 0 Å². The van der Waals surface area contributed by atoms with Crippen molar-refractivity contribution in [3.63, 3.8) is 0 Å². The van der Waals surface area contributed by atoms with E-state index in [4.69, 9.17) is 4.74 Å². The summed E-state index contributed by atoms with van der Waals surface area (Å²) in [6, 6.07) is -0.242. The maximum atomic E-state index is 12.6. The number of hydrogen-bond donors (Lipinski definition) is 1. The molecule has 4 fully saturated rings. The summed E-state index contributed by atoms with van der Waals surface area (Å²) in [7, 11) is 1.39. The van der Waals surface area contributed by atoms with Crippen LogP contribution in [0.25, 0.3) is 10.4 Å². The van der Waals surface area contributed by atoms with E-state index in [1.54, 1.807) is 0 Å². The molecule has 3 unspecified atom stereocenters. The van der Waals surface area contributed by atoms with E-state index in [0.717, 1.165) is 18.8 Å². The van der Waals surface area contributed by atoms with Gasteiger partial charge >= 0.3 is 5.97 Å². The summed E-state index contributed by atoms with van der Waals surface area (Å²) in [6.07, 6.45) is 6.65. The molecule has 0 aromatic heterocycles. The van der Waals surface area contributed by atoms with E-state index in [2.05, 4.69) is 30.8 Å². The molecule has 10 atom stereocenters. The Hall–Kier alpha value is -1.26. The second-order valence-electron chi connectivity index (χ2n) is 10.6. The SMILES string of the molecule is COC(=O)C1C2C(N=[N+]=[N-])C[C@H]3[C@@H]4CC[C@H](C)[C@@]4(C)CC[C@@H]3[C@@]2(C)CC[C@@H]1O. The Morgan fingerprint density at radius 3 is 2.50 bits per heavy atom. The summed E-state index contributed by atoms with van der Waals surface area (Å²) in [6.45, 7) is 7.19. The minimum atomic E-state index is -0.709. The minimum absolute atomic E-state index is 0.0903. The Balaban J connectivity index is 1.76. The number of azide groups is 1. The first-order valence-corrected chi connectivity index (χ1v) is 11.1. The topological polar surface area (TPSA) is 95.3 Å². The summed E-state index contributed by atoms with van der Waals surface area (Å²) in [5.41, 5.74) is 9.60. The molecule has 0 aromatic rings. The summed E-state index contributed by atoms with van der Waals surface area (Å²) >= 11 is 0. The van der Waals surface area contributed by atoms with Crippen LogP contribution >= 0.6 is 0 Å². The van der Waals surface area contributed by atoms with Crippen LogP contribution in [0.3, 0.4) is 0 Å². The highest BCUT2D eigenvalue weighted by molar-refractivity contribution is 5.74. The van der Waals surface area contributed by atoms with Crippen molar-refractivity contribution in [2.75, 3.05) is 7.11 Å². The van der Waals surface area contributed by atoms with Crippen molar-refractivity contribution in [1.29, 1.82) is 0 Å². The number of hydrogen-bond acceptors (Lipinski definition) is 4. The lowest BCUT2D eigenvalue weighted by atomic mass is 9.42. The Morgan fingerprint density at radius 1 is 1.14 bits per heavy atom. The molecule has 0 amide bonds. The first-order valence-electron chi connectivity index (χ1n) is 11.1. The van der Waals surface area contributed by atoms with Crippen LogP contribution in [0.5, 0.6) is 0 Å². The monoisotopic (exact) mass is 389 g/mol. The van der Waals surface area contributed by atoms with Crippen molar-refractivity contribution in [2.24, 2.45) is 51.5 Å². The van der Waals surface area contributed by atoms with Gasteiger partial charge in [0.2, 0.25) is 0 Å². The molecule has 0 spiro atoms. The zero-order valence-corrected chi connectivity index (χ0v) is 17.7. The van der Waals surface area contributed by atoms with E-state index in [1.807, 2.05) is 0 Å². The van der Waals surface area contributed by atoms with Gasteiger partial charge in [0.1, 0.15) is 0 Å². The fraction of sp³-hybridized carbons (Fsp3) is 0.955.